The third kappa shape index (κ3) is 1.28. The third-order valence-corrected chi connectivity index (χ3v) is 3.84. The van der Waals surface area contributed by atoms with Crippen LogP contribution >= 0.6 is 12.4 Å². The Morgan fingerprint density at radius 3 is 2.38 bits per heavy atom. The first-order valence-electron chi connectivity index (χ1n) is 5.21. The van der Waals surface area contributed by atoms with Gasteiger partial charge in [-0.15, -0.1) is 12.4 Å². The van der Waals surface area contributed by atoms with E-state index in [0.717, 1.165) is 19.4 Å². The number of carbonyl (C=O) groups is 1. The lowest BCUT2D eigenvalue weighted by molar-refractivity contribution is -0.147. The van der Waals surface area contributed by atoms with Crippen molar-refractivity contribution in [3.63, 3.8) is 0 Å². The molecule has 2 saturated heterocycles. The highest BCUT2D eigenvalue weighted by molar-refractivity contribution is 5.85. The Morgan fingerprint density at radius 2 is 1.88 bits per heavy atom. The van der Waals surface area contributed by atoms with E-state index in [4.69, 9.17) is 5.11 Å². The van der Waals surface area contributed by atoms with Gasteiger partial charge in [-0.2, -0.15) is 0 Å². The topological polar surface area (TPSA) is 49.3 Å². The van der Waals surface area contributed by atoms with Gasteiger partial charge in [0.1, 0.15) is 5.54 Å². The molecule has 2 aliphatic heterocycles. The van der Waals surface area contributed by atoms with E-state index in [-0.39, 0.29) is 17.8 Å². The molecule has 86 valence electrons. The minimum absolute atomic E-state index is 0. The summed E-state index contributed by atoms with van der Waals surface area (Å²) in [5, 5.41) is 12.3. The standard InChI is InChI=1S/C12H13NO2.ClH/c14-10(15)12-6-11(7-12,8-13-12)9-4-2-1-3-5-9;/h1-5,13H,6-8H2,(H,14,15);1H. The molecule has 3 nitrogen and oxygen atoms in total. The Kier molecular flexibility index (Phi) is 2.48. The number of nitrogens with one attached hydrogen (secondary N) is 1. The van der Waals surface area contributed by atoms with Gasteiger partial charge in [0.15, 0.2) is 0 Å². The highest BCUT2D eigenvalue weighted by Gasteiger charge is 2.65. The van der Waals surface area contributed by atoms with Crippen molar-refractivity contribution in [1.82, 2.24) is 5.32 Å². The monoisotopic (exact) mass is 239 g/mol. The molecular weight excluding hydrogens is 226 g/mol. The van der Waals surface area contributed by atoms with Crippen LogP contribution in [0.2, 0.25) is 0 Å². The number of carboxylic acids is 1. The summed E-state index contributed by atoms with van der Waals surface area (Å²) in [4.78, 5) is 11.1. The van der Waals surface area contributed by atoms with Crippen molar-refractivity contribution in [3.05, 3.63) is 35.9 Å². The Labute approximate surface area is 100 Å². The maximum absolute atomic E-state index is 11.1. The molecule has 4 rings (SSSR count). The lowest BCUT2D eigenvalue weighted by Crippen LogP contribution is -2.55. The average molecular weight is 240 g/mol. The summed E-state index contributed by atoms with van der Waals surface area (Å²) < 4.78 is 0. The molecule has 1 saturated carbocycles. The van der Waals surface area contributed by atoms with Gasteiger partial charge in [0.05, 0.1) is 0 Å². The number of benzene rings is 1. The first-order valence-corrected chi connectivity index (χ1v) is 5.21. The summed E-state index contributed by atoms with van der Waals surface area (Å²) in [5.41, 5.74) is 0.724. The maximum Gasteiger partial charge on any atom is 0.323 e. The van der Waals surface area contributed by atoms with Gasteiger partial charge in [-0.25, -0.2) is 0 Å². The zero-order valence-corrected chi connectivity index (χ0v) is 9.59. The summed E-state index contributed by atoms with van der Waals surface area (Å²) in [5.74, 6) is -0.702. The van der Waals surface area contributed by atoms with Gasteiger partial charge in [0.2, 0.25) is 0 Å². The summed E-state index contributed by atoms with van der Waals surface area (Å²) in [6, 6.07) is 10.2. The highest BCUT2D eigenvalue weighted by atomic mass is 35.5. The number of hydrogen-bond donors (Lipinski definition) is 2. The summed E-state index contributed by atoms with van der Waals surface area (Å²) in [6.45, 7) is 0.795. The SMILES string of the molecule is Cl.O=C(O)C12CC(c3ccccc3)(CN1)C2. The molecule has 2 bridgehead atoms. The predicted octanol–water partition coefficient (Wildman–Crippen LogP) is 1.57. The van der Waals surface area contributed by atoms with E-state index >= 15 is 0 Å². The second-order valence-electron chi connectivity index (χ2n) is 4.74. The molecular formula is C12H14ClNO2. The van der Waals surface area contributed by atoms with Gasteiger partial charge < -0.3 is 10.4 Å². The fourth-order valence-electron chi connectivity index (χ4n) is 3.02. The van der Waals surface area contributed by atoms with E-state index in [1.807, 2.05) is 18.2 Å². The Hall–Kier alpha value is -1.06. The molecule has 4 heteroatoms. The van der Waals surface area contributed by atoms with Crippen LogP contribution in [0, 0.1) is 0 Å². The molecule has 0 amide bonds. The van der Waals surface area contributed by atoms with Crippen LogP contribution in [-0.4, -0.2) is 23.2 Å². The first kappa shape index (κ1) is 11.4. The number of hydrogen-bond acceptors (Lipinski definition) is 2. The quantitative estimate of drug-likeness (QED) is 0.824. The van der Waals surface area contributed by atoms with Crippen molar-refractivity contribution in [3.8, 4) is 0 Å². The van der Waals surface area contributed by atoms with E-state index in [9.17, 15) is 4.79 Å². The zero-order chi connectivity index (χ0) is 10.5. The summed E-state index contributed by atoms with van der Waals surface area (Å²) in [7, 11) is 0. The molecule has 0 unspecified atom stereocenters. The van der Waals surface area contributed by atoms with Gasteiger partial charge in [-0.1, -0.05) is 30.3 Å². The predicted molar refractivity (Wildman–Crippen MR) is 63.0 cm³/mol. The van der Waals surface area contributed by atoms with E-state index in [1.54, 1.807) is 0 Å². The van der Waals surface area contributed by atoms with Crippen molar-refractivity contribution in [2.24, 2.45) is 0 Å². The molecule has 2 N–H and O–H groups in total. The van der Waals surface area contributed by atoms with Crippen molar-refractivity contribution >= 4 is 18.4 Å². The molecule has 0 spiro atoms. The molecule has 1 aromatic carbocycles. The van der Waals surface area contributed by atoms with Crippen molar-refractivity contribution < 1.29 is 9.90 Å². The second-order valence-corrected chi connectivity index (χ2v) is 4.74. The number of halogens is 1. The fourth-order valence-corrected chi connectivity index (χ4v) is 3.02. The Morgan fingerprint density at radius 1 is 1.25 bits per heavy atom. The molecule has 0 aromatic heterocycles. The Balaban J connectivity index is 0.000000963. The fraction of sp³-hybridized carbons (Fsp3) is 0.417. The van der Waals surface area contributed by atoms with Gasteiger partial charge in [-0.3, -0.25) is 4.79 Å². The van der Waals surface area contributed by atoms with Gasteiger partial charge in [0.25, 0.3) is 0 Å². The van der Waals surface area contributed by atoms with Crippen LogP contribution in [-0.2, 0) is 10.2 Å². The minimum atomic E-state index is -0.702. The molecule has 3 aliphatic rings. The summed E-state index contributed by atoms with van der Waals surface area (Å²) >= 11 is 0. The van der Waals surface area contributed by atoms with Crippen LogP contribution in [0.15, 0.2) is 30.3 Å². The molecule has 3 fully saturated rings. The number of carboxylic acid groups (broad SMARTS) is 1. The molecule has 0 radical (unpaired) electrons. The van der Waals surface area contributed by atoms with E-state index in [2.05, 4.69) is 17.4 Å². The van der Waals surface area contributed by atoms with E-state index in [0.29, 0.717) is 0 Å². The minimum Gasteiger partial charge on any atom is -0.480 e. The number of fused-ring (bicyclic) bond motifs is 1. The van der Waals surface area contributed by atoms with Crippen molar-refractivity contribution in [2.75, 3.05) is 6.54 Å². The van der Waals surface area contributed by atoms with Crippen LogP contribution < -0.4 is 5.32 Å². The van der Waals surface area contributed by atoms with Crippen LogP contribution in [0.1, 0.15) is 18.4 Å². The van der Waals surface area contributed by atoms with Crippen LogP contribution in [0.5, 0.6) is 0 Å². The second kappa shape index (κ2) is 3.47. The molecule has 1 aromatic rings. The lowest BCUT2D eigenvalue weighted by atomic mass is 9.59. The van der Waals surface area contributed by atoms with E-state index < -0.39 is 11.5 Å². The number of rotatable bonds is 2. The average Bonchev–Trinajstić information content (AvgIpc) is 2.74. The van der Waals surface area contributed by atoms with Crippen LogP contribution in [0.3, 0.4) is 0 Å². The van der Waals surface area contributed by atoms with Crippen molar-refractivity contribution in [2.45, 2.75) is 23.8 Å². The molecule has 0 atom stereocenters. The van der Waals surface area contributed by atoms with Crippen LogP contribution in [0.25, 0.3) is 0 Å². The van der Waals surface area contributed by atoms with Gasteiger partial charge in [0, 0.05) is 12.0 Å². The molecule has 1 aliphatic carbocycles. The molecule has 2 heterocycles. The van der Waals surface area contributed by atoms with Crippen LogP contribution in [0.4, 0.5) is 0 Å². The maximum atomic E-state index is 11.1. The van der Waals surface area contributed by atoms with Gasteiger partial charge in [-0.05, 0) is 18.4 Å². The number of aliphatic carboxylic acids is 1. The highest BCUT2D eigenvalue weighted by Crippen LogP contribution is 2.55. The smallest absolute Gasteiger partial charge is 0.323 e. The molecule has 16 heavy (non-hydrogen) atoms. The van der Waals surface area contributed by atoms with Crippen molar-refractivity contribution in [1.29, 1.82) is 0 Å². The summed E-state index contributed by atoms with van der Waals surface area (Å²) in [6.07, 6.45) is 1.47. The van der Waals surface area contributed by atoms with Gasteiger partial charge >= 0.3 is 5.97 Å². The van der Waals surface area contributed by atoms with E-state index in [1.165, 1.54) is 5.56 Å². The largest absolute Gasteiger partial charge is 0.480 e. The normalized spacial score (nSPS) is 35.0. The Bertz CT molecular complexity index is 412. The first-order chi connectivity index (χ1) is 7.17. The third-order valence-electron chi connectivity index (χ3n) is 3.84. The zero-order valence-electron chi connectivity index (χ0n) is 8.77. The lowest BCUT2D eigenvalue weighted by Gasteiger charge is -2.43.